The zero-order valence-corrected chi connectivity index (χ0v) is 13.7. The van der Waals surface area contributed by atoms with Gasteiger partial charge in [0, 0.05) is 17.8 Å². The zero-order chi connectivity index (χ0) is 18.6. The first-order valence-corrected chi connectivity index (χ1v) is 8.28. The molecule has 0 radical (unpaired) electrons. The van der Waals surface area contributed by atoms with Crippen LogP contribution in [0.25, 0.3) is 0 Å². The Morgan fingerprint density at radius 1 is 1.16 bits per heavy atom. The fraction of sp³-hybridized carbons (Fsp3) is 0.0714. The van der Waals surface area contributed by atoms with Gasteiger partial charge in [0.05, 0.1) is 22.6 Å². The number of anilines is 2. The SMILES string of the molecule is COc1ccc([N+](=O)[O-])cc1NC(=O)Nc1ccc(S(N)(=O)=O)cc1. The standard InChI is InChI=1S/C14H14N4O6S/c1-24-13-7-4-10(18(20)21)8-12(13)17-14(19)16-9-2-5-11(6-3-9)25(15,22)23/h2-8H,1H3,(H2,15,22,23)(H2,16,17,19). The molecule has 4 N–H and O–H groups in total. The second-order valence-electron chi connectivity index (χ2n) is 4.79. The van der Waals surface area contributed by atoms with Crippen molar-refractivity contribution in [2.75, 3.05) is 17.7 Å². The summed E-state index contributed by atoms with van der Waals surface area (Å²) < 4.78 is 27.4. The normalized spacial score (nSPS) is 10.8. The molecule has 11 heteroatoms. The number of nitro benzene ring substituents is 1. The van der Waals surface area contributed by atoms with Gasteiger partial charge < -0.3 is 15.4 Å². The molecule has 2 aromatic carbocycles. The van der Waals surface area contributed by atoms with Crippen LogP contribution in [0.5, 0.6) is 5.75 Å². The molecule has 0 heterocycles. The fourth-order valence-corrected chi connectivity index (χ4v) is 2.44. The van der Waals surface area contributed by atoms with Crippen molar-refractivity contribution in [1.29, 1.82) is 0 Å². The average molecular weight is 366 g/mol. The van der Waals surface area contributed by atoms with E-state index >= 15 is 0 Å². The van der Waals surface area contributed by atoms with Gasteiger partial charge in [0.15, 0.2) is 0 Å². The number of carbonyl (C=O) groups excluding carboxylic acids is 1. The number of hydrogen-bond acceptors (Lipinski definition) is 6. The van der Waals surface area contributed by atoms with Crippen molar-refractivity contribution in [3.63, 3.8) is 0 Å². The van der Waals surface area contributed by atoms with Crippen molar-refractivity contribution in [3.05, 3.63) is 52.6 Å². The number of urea groups is 1. The number of carbonyl (C=O) groups is 1. The topological polar surface area (TPSA) is 154 Å². The Kier molecular flexibility index (Phi) is 5.20. The molecule has 0 spiro atoms. The van der Waals surface area contributed by atoms with Crippen LogP contribution in [-0.4, -0.2) is 26.5 Å². The molecular formula is C14H14N4O6S. The van der Waals surface area contributed by atoms with Gasteiger partial charge >= 0.3 is 6.03 Å². The van der Waals surface area contributed by atoms with Crippen LogP contribution >= 0.6 is 0 Å². The van der Waals surface area contributed by atoms with Crippen LogP contribution in [0, 0.1) is 10.1 Å². The number of non-ortho nitro benzene ring substituents is 1. The van der Waals surface area contributed by atoms with Crippen LogP contribution < -0.4 is 20.5 Å². The first kappa shape index (κ1) is 18.2. The van der Waals surface area contributed by atoms with Crippen molar-refractivity contribution in [3.8, 4) is 5.75 Å². The van der Waals surface area contributed by atoms with Gasteiger partial charge in [-0.25, -0.2) is 18.4 Å². The maximum atomic E-state index is 12.0. The summed E-state index contributed by atoms with van der Waals surface area (Å²) in [6.45, 7) is 0. The molecule has 0 saturated heterocycles. The van der Waals surface area contributed by atoms with E-state index in [0.717, 1.165) is 6.07 Å². The lowest BCUT2D eigenvalue weighted by molar-refractivity contribution is -0.384. The molecule has 0 bridgehead atoms. The number of nitrogens with two attached hydrogens (primary N) is 1. The van der Waals surface area contributed by atoms with Gasteiger partial charge in [-0.2, -0.15) is 0 Å². The van der Waals surface area contributed by atoms with E-state index in [1.807, 2.05) is 0 Å². The predicted molar refractivity (Wildman–Crippen MR) is 90.1 cm³/mol. The zero-order valence-electron chi connectivity index (χ0n) is 12.9. The van der Waals surface area contributed by atoms with Crippen LogP contribution in [-0.2, 0) is 10.0 Å². The second kappa shape index (κ2) is 7.15. The molecule has 132 valence electrons. The van der Waals surface area contributed by atoms with Crippen LogP contribution in [0.2, 0.25) is 0 Å². The van der Waals surface area contributed by atoms with Gasteiger partial charge in [-0.15, -0.1) is 0 Å². The number of rotatable bonds is 5. The summed E-state index contributed by atoms with van der Waals surface area (Å²) in [5, 5.41) is 20.7. The molecule has 0 aliphatic heterocycles. The number of nitro groups is 1. The summed E-state index contributed by atoms with van der Waals surface area (Å²) in [6.07, 6.45) is 0. The summed E-state index contributed by atoms with van der Waals surface area (Å²) in [4.78, 5) is 22.1. The Morgan fingerprint density at radius 3 is 2.32 bits per heavy atom. The average Bonchev–Trinajstić information content (AvgIpc) is 2.54. The maximum absolute atomic E-state index is 12.0. The summed E-state index contributed by atoms with van der Waals surface area (Å²) in [5.74, 6) is 0.241. The van der Waals surface area contributed by atoms with Crippen molar-refractivity contribution >= 4 is 33.1 Å². The molecule has 2 rings (SSSR count). The summed E-state index contributed by atoms with van der Waals surface area (Å²) in [6, 6.07) is 8.23. The number of hydrogen-bond donors (Lipinski definition) is 3. The minimum Gasteiger partial charge on any atom is -0.495 e. The third-order valence-corrected chi connectivity index (χ3v) is 4.01. The Labute approximate surface area is 142 Å². The molecule has 10 nitrogen and oxygen atoms in total. The van der Waals surface area contributed by atoms with Gasteiger partial charge in [0.1, 0.15) is 5.75 Å². The van der Waals surface area contributed by atoms with Gasteiger partial charge in [-0.05, 0) is 30.3 Å². The monoisotopic (exact) mass is 366 g/mol. The molecule has 0 aliphatic rings. The number of primary sulfonamides is 1. The number of nitrogens with zero attached hydrogens (tertiary/aromatic N) is 1. The van der Waals surface area contributed by atoms with Crippen LogP contribution in [0.15, 0.2) is 47.4 Å². The van der Waals surface area contributed by atoms with Gasteiger partial charge in [0.2, 0.25) is 10.0 Å². The van der Waals surface area contributed by atoms with Crippen molar-refractivity contribution in [2.24, 2.45) is 5.14 Å². The molecule has 2 aromatic rings. The third-order valence-electron chi connectivity index (χ3n) is 3.08. The number of ether oxygens (including phenoxy) is 1. The largest absolute Gasteiger partial charge is 0.495 e. The summed E-state index contributed by atoms with van der Waals surface area (Å²) >= 11 is 0. The van der Waals surface area contributed by atoms with E-state index in [-0.39, 0.29) is 22.0 Å². The van der Waals surface area contributed by atoms with Gasteiger partial charge in [-0.3, -0.25) is 10.1 Å². The number of nitrogens with one attached hydrogen (secondary N) is 2. The van der Waals surface area contributed by atoms with E-state index in [4.69, 9.17) is 9.88 Å². The first-order valence-electron chi connectivity index (χ1n) is 6.74. The van der Waals surface area contributed by atoms with E-state index in [9.17, 15) is 23.3 Å². The van der Waals surface area contributed by atoms with Crippen LogP contribution in [0.4, 0.5) is 21.9 Å². The predicted octanol–water partition coefficient (Wildman–Crippen LogP) is 1.89. The molecule has 0 aliphatic carbocycles. The van der Waals surface area contributed by atoms with Crippen LogP contribution in [0.3, 0.4) is 0 Å². The van der Waals surface area contributed by atoms with E-state index in [0.29, 0.717) is 5.69 Å². The molecule has 0 aromatic heterocycles. The van der Waals surface area contributed by atoms with Crippen LogP contribution in [0.1, 0.15) is 0 Å². The van der Waals surface area contributed by atoms with Crippen molar-refractivity contribution in [2.45, 2.75) is 4.90 Å². The minimum atomic E-state index is -3.83. The number of amides is 2. The second-order valence-corrected chi connectivity index (χ2v) is 6.35. The summed E-state index contributed by atoms with van der Waals surface area (Å²) in [7, 11) is -2.47. The van der Waals surface area contributed by atoms with Crippen molar-refractivity contribution in [1.82, 2.24) is 0 Å². The number of sulfonamides is 1. The highest BCUT2D eigenvalue weighted by Gasteiger charge is 2.14. The highest BCUT2D eigenvalue weighted by molar-refractivity contribution is 7.89. The van der Waals surface area contributed by atoms with Gasteiger partial charge in [-0.1, -0.05) is 0 Å². The Hall–Kier alpha value is -3.18. The highest BCUT2D eigenvalue weighted by Crippen LogP contribution is 2.29. The molecule has 0 unspecified atom stereocenters. The third kappa shape index (κ3) is 4.65. The maximum Gasteiger partial charge on any atom is 0.323 e. The van der Waals surface area contributed by atoms with Gasteiger partial charge in [0.25, 0.3) is 5.69 Å². The molecular weight excluding hydrogens is 352 g/mol. The lowest BCUT2D eigenvalue weighted by Gasteiger charge is -2.11. The molecule has 25 heavy (non-hydrogen) atoms. The molecule has 0 saturated carbocycles. The first-order chi connectivity index (χ1) is 11.7. The van der Waals surface area contributed by atoms with E-state index in [2.05, 4.69) is 10.6 Å². The smallest absolute Gasteiger partial charge is 0.323 e. The lowest BCUT2D eigenvalue weighted by Crippen LogP contribution is -2.20. The molecule has 0 atom stereocenters. The highest BCUT2D eigenvalue weighted by atomic mass is 32.2. The van der Waals surface area contributed by atoms with E-state index < -0.39 is 21.0 Å². The quantitative estimate of drug-likeness (QED) is 0.542. The summed E-state index contributed by atoms with van der Waals surface area (Å²) in [5.41, 5.74) is 0.193. The Morgan fingerprint density at radius 2 is 1.80 bits per heavy atom. The van der Waals surface area contributed by atoms with E-state index in [1.165, 1.54) is 43.5 Å². The molecule has 0 fully saturated rings. The Bertz CT molecular complexity index is 911. The van der Waals surface area contributed by atoms with E-state index in [1.54, 1.807) is 0 Å². The Balaban J connectivity index is 2.15. The van der Waals surface area contributed by atoms with Crippen molar-refractivity contribution < 1.29 is 22.9 Å². The molecule has 2 amide bonds. The minimum absolute atomic E-state index is 0.0983. The number of methoxy groups -OCH3 is 1. The fourth-order valence-electron chi connectivity index (χ4n) is 1.92. The number of benzene rings is 2. The lowest BCUT2D eigenvalue weighted by atomic mass is 10.2.